The van der Waals surface area contributed by atoms with Crippen molar-refractivity contribution in [2.45, 2.75) is 11.8 Å². The lowest BCUT2D eigenvalue weighted by Crippen LogP contribution is -2.28. The summed E-state index contributed by atoms with van der Waals surface area (Å²) in [5.74, 6) is 0.547. The lowest BCUT2D eigenvalue weighted by Gasteiger charge is -2.09. The van der Waals surface area contributed by atoms with Crippen LogP contribution in [0.3, 0.4) is 0 Å². The van der Waals surface area contributed by atoms with E-state index in [-0.39, 0.29) is 18.0 Å². The van der Waals surface area contributed by atoms with E-state index in [0.29, 0.717) is 12.4 Å². The highest BCUT2D eigenvalue weighted by atomic mass is 32.2. The van der Waals surface area contributed by atoms with E-state index in [2.05, 4.69) is 4.72 Å². The Morgan fingerprint density at radius 3 is 2.22 bits per heavy atom. The van der Waals surface area contributed by atoms with E-state index in [4.69, 9.17) is 9.47 Å². The van der Waals surface area contributed by atoms with E-state index in [1.807, 2.05) is 6.92 Å². The van der Waals surface area contributed by atoms with Crippen LogP contribution >= 0.6 is 0 Å². The molecular weight excluding hydrogens is 321 g/mol. The zero-order valence-electron chi connectivity index (χ0n) is 12.7. The van der Waals surface area contributed by atoms with Gasteiger partial charge in [-0.2, -0.15) is 0 Å². The van der Waals surface area contributed by atoms with E-state index in [0.717, 1.165) is 11.8 Å². The molecule has 5 nitrogen and oxygen atoms in total. The van der Waals surface area contributed by atoms with Crippen LogP contribution in [-0.4, -0.2) is 28.2 Å². The molecule has 2 aromatic carbocycles. The molecule has 2 aromatic rings. The van der Waals surface area contributed by atoms with Crippen molar-refractivity contribution < 1.29 is 22.3 Å². The first-order valence-electron chi connectivity index (χ1n) is 7.13. The summed E-state index contributed by atoms with van der Waals surface area (Å²) in [4.78, 5) is -0.374. The lowest BCUT2D eigenvalue weighted by atomic mass is 10.3. The second-order valence-corrected chi connectivity index (χ2v) is 6.32. The molecule has 0 aliphatic rings. The van der Waals surface area contributed by atoms with Crippen LogP contribution in [0.5, 0.6) is 11.5 Å². The van der Waals surface area contributed by atoms with Crippen LogP contribution < -0.4 is 14.2 Å². The Morgan fingerprint density at radius 2 is 1.61 bits per heavy atom. The minimum atomic E-state index is -3.88. The van der Waals surface area contributed by atoms with E-state index in [1.165, 1.54) is 18.2 Å². The van der Waals surface area contributed by atoms with Gasteiger partial charge < -0.3 is 9.47 Å². The highest BCUT2D eigenvalue weighted by Crippen LogP contribution is 2.17. The molecule has 0 saturated heterocycles. The van der Waals surface area contributed by atoms with E-state index >= 15 is 0 Å². The highest BCUT2D eigenvalue weighted by molar-refractivity contribution is 7.89. The molecule has 0 unspecified atom stereocenters. The molecule has 0 amide bonds. The summed E-state index contributed by atoms with van der Waals surface area (Å²) in [7, 11) is -3.88. The molecule has 0 bridgehead atoms. The second kappa shape index (κ2) is 7.94. The fourth-order valence-electron chi connectivity index (χ4n) is 1.88. The Balaban J connectivity index is 1.84. The zero-order chi connectivity index (χ0) is 16.7. The summed E-state index contributed by atoms with van der Waals surface area (Å²) in [6.45, 7) is 2.63. The standard InChI is InChI=1S/C16H18FNO4S/c1-2-21-13-7-9-14(10-8-13)22-12-11-18-23(19,20)16-6-4-3-5-15(16)17/h3-10,18H,2,11-12H2,1H3. The van der Waals surface area contributed by atoms with Gasteiger partial charge >= 0.3 is 0 Å². The molecule has 0 spiro atoms. The fourth-order valence-corrected chi connectivity index (χ4v) is 2.97. The first-order valence-corrected chi connectivity index (χ1v) is 8.61. The maximum Gasteiger partial charge on any atom is 0.243 e. The Labute approximate surface area is 135 Å². The van der Waals surface area contributed by atoms with E-state index in [1.54, 1.807) is 24.3 Å². The van der Waals surface area contributed by atoms with E-state index in [9.17, 15) is 12.8 Å². The summed E-state index contributed by atoms with van der Waals surface area (Å²) >= 11 is 0. The second-order valence-electron chi connectivity index (χ2n) is 4.58. The normalized spacial score (nSPS) is 11.2. The Hall–Kier alpha value is -2.12. The van der Waals surface area contributed by atoms with Crippen LogP contribution in [0.4, 0.5) is 4.39 Å². The van der Waals surface area contributed by atoms with Crippen molar-refractivity contribution >= 4 is 10.0 Å². The molecule has 124 valence electrons. The van der Waals surface area contributed by atoms with Gasteiger partial charge in [0.25, 0.3) is 0 Å². The number of hydrogen-bond acceptors (Lipinski definition) is 4. The van der Waals surface area contributed by atoms with Crippen molar-refractivity contribution in [3.63, 3.8) is 0 Å². The van der Waals surface area contributed by atoms with Crippen molar-refractivity contribution in [2.24, 2.45) is 0 Å². The predicted octanol–water partition coefficient (Wildman–Crippen LogP) is 2.58. The van der Waals surface area contributed by atoms with Crippen molar-refractivity contribution in [1.29, 1.82) is 0 Å². The summed E-state index contributed by atoms with van der Waals surface area (Å²) in [5.41, 5.74) is 0. The van der Waals surface area contributed by atoms with E-state index < -0.39 is 15.8 Å². The average Bonchev–Trinajstić information content (AvgIpc) is 2.54. The highest BCUT2D eigenvalue weighted by Gasteiger charge is 2.17. The van der Waals surface area contributed by atoms with Crippen LogP contribution in [0.25, 0.3) is 0 Å². The molecule has 23 heavy (non-hydrogen) atoms. The van der Waals surface area contributed by atoms with Crippen LogP contribution in [0.1, 0.15) is 6.92 Å². The van der Waals surface area contributed by atoms with Crippen molar-refractivity contribution in [3.8, 4) is 11.5 Å². The molecule has 0 radical (unpaired) electrons. The van der Waals surface area contributed by atoms with Gasteiger partial charge in [-0.15, -0.1) is 0 Å². The van der Waals surface area contributed by atoms with Crippen LogP contribution in [-0.2, 0) is 10.0 Å². The maximum absolute atomic E-state index is 13.5. The Kier molecular flexibility index (Phi) is 5.95. The largest absolute Gasteiger partial charge is 0.494 e. The number of ether oxygens (including phenoxy) is 2. The first kappa shape index (κ1) is 17.2. The average molecular weight is 339 g/mol. The van der Waals surface area contributed by atoms with Crippen molar-refractivity contribution in [2.75, 3.05) is 19.8 Å². The number of nitrogens with one attached hydrogen (secondary N) is 1. The molecule has 0 atom stereocenters. The van der Waals surface area contributed by atoms with Crippen LogP contribution in [0, 0.1) is 5.82 Å². The molecule has 0 aliphatic carbocycles. The summed E-state index contributed by atoms with van der Waals surface area (Å²) in [6.07, 6.45) is 0. The van der Waals surface area contributed by atoms with Gasteiger partial charge in [-0.05, 0) is 43.3 Å². The third-order valence-electron chi connectivity index (χ3n) is 2.92. The number of hydrogen-bond donors (Lipinski definition) is 1. The lowest BCUT2D eigenvalue weighted by molar-refractivity contribution is 0.319. The van der Waals surface area contributed by atoms with Gasteiger partial charge in [-0.25, -0.2) is 17.5 Å². The van der Waals surface area contributed by atoms with Gasteiger partial charge in [0.2, 0.25) is 10.0 Å². The smallest absolute Gasteiger partial charge is 0.243 e. The third-order valence-corrected chi connectivity index (χ3v) is 4.42. The topological polar surface area (TPSA) is 64.6 Å². The molecule has 1 N–H and O–H groups in total. The summed E-state index contributed by atoms with van der Waals surface area (Å²) < 4.78 is 50.4. The number of sulfonamides is 1. The van der Waals surface area contributed by atoms with Gasteiger partial charge in [0, 0.05) is 6.54 Å². The molecule has 0 fully saturated rings. The zero-order valence-corrected chi connectivity index (χ0v) is 13.5. The molecule has 0 saturated carbocycles. The molecule has 7 heteroatoms. The molecule has 0 aliphatic heterocycles. The third kappa shape index (κ3) is 4.94. The molecular formula is C16H18FNO4S. The van der Waals surface area contributed by atoms with Crippen molar-refractivity contribution in [1.82, 2.24) is 4.72 Å². The minimum Gasteiger partial charge on any atom is -0.494 e. The number of halogens is 1. The van der Waals surface area contributed by atoms with Crippen molar-refractivity contribution in [3.05, 3.63) is 54.3 Å². The van der Waals surface area contributed by atoms with Gasteiger partial charge in [-0.3, -0.25) is 0 Å². The first-order chi connectivity index (χ1) is 11.0. The fraction of sp³-hybridized carbons (Fsp3) is 0.250. The molecule has 2 rings (SSSR count). The maximum atomic E-state index is 13.5. The Bertz CT molecular complexity index is 732. The number of benzene rings is 2. The van der Waals surface area contributed by atoms with Gasteiger partial charge in [-0.1, -0.05) is 12.1 Å². The SMILES string of the molecule is CCOc1ccc(OCCNS(=O)(=O)c2ccccc2F)cc1. The van der Waals surface area contributed by atoms with Gasteiger partial charge in [0.15, 0.2) is 0 Å². The van der Waals surface area contributed by atoms with Gasteiger partial charge in [0.05, 0.1) is 6.61 Å². The number of rotatable bonds is 8. The molecule has 0 aromatic heterocycles. The van der Waals surface area contributed by atoms with Crippen LogP contribution in [0.15, 0.2) is 53.4 Å². The summed E-state index contributed by atoms with van der Waals surface area (Å²) in [6, 6.07) is 12.2. The van der Waals surface area contributed by atoms with Crippen LogP contribution in [0.2, 0.25) is 0 Å². The van der Waals surface area contributed by atoms with Gasteiger partial charge in [0.1, 0.15) is 28.8 Å². The minimum absolute atomic E-state index is 0.0316. The quantitative estimate of drug-likeness (QED) is 0.751. The Morgan fingerprint density at radius 1 is 1.00 bits per heavy atom. The molecule has 0 heterocycles. The predicted molar refractivity (Wildman–Crippen MR) is 84.7 cm³/mol. The summed E-state index contributed by atoms with van der Waals surface area (Å²) in [5, 5.41) is 0. The monoisotopic (exact) mass is 339 g/mol.